The summed E-state index contributed by atoms with van der Waals surface area (Å²) >= 11 is 0. The van der Waals surface area contributed by atoms with Gasteiger partial charge in [0.15, 0.2) is 5.65 Å². The second-order valence-electron chi connectivity index (χ2n) is 8.74. The molecule has 0 radical (unpaired) electrons. The SMILES string of the molecule is Cc1n[nH]c2ccc(-c3ccc(-c4nc5cnccn5c4NC4CCCCC4)cc3)cc12. The number of benzene rings is 2. The topological polar surface area (TPSA) is 70.9 Å². The molecule has 0 spiro atoms. The summed E-state index contributed by atoms with van der Waals surface area (Å²) in [6.07, 6.45) is 12.0. The zero-order valence-corrected chi connectivity index (χ0v) is 18.2. The minimum absolute atomic E-state index is 0.500. The molecule has 0 unspecified atom stereocenters. The number of aromatic nitrogens is 5. The van der Waals surface area contributed by atoms with Gasteiger partial charge in [0.2, 0.25) is 0 Å². The van der Waals surface area contributed by atoms with Gasteiger partial charge in [-0.2, -0.15) is 5.10 Å². The van der Waals surface area contributed by atoms with E-state index in [0.29, 0.717) is 6.04 Å². The molecule has 3 heterocycles. The molecule has 1 fully saturated rings. The molecule has 6 heteroatoms. The monoisotopic (exact) mass is 422 g/mol. The lowest BCUT2D eigenvalue weighted by atomic mass is 9.95. The van der Waals surface area contributed by atoms with Crippen molar-refractivity contribution in [1.82, 2.24) is 24.6 Å². The second-order valence-corrected chi connectivity index (χ2v) is 8.74. The van der Waals surface area contributed by atoms with Gasteiger partial charge in [-0.1, -0.05) is 49.6 Å². The Bertz CT molecular complexity index is 1390. The zero-order chi connectivity index (χ0) is 21.5. The molecule has 1 aliphatic rings. The molecule has 3 aromatic heterocycles. The summed E-state index contributed by atoms with van der Waals surface area (Å²) in [7, 11) is 0. The summed E-state index contributed by atoms with van der Waals surface area (Å²) in [6.45, 7) is 2.03. The second kappa shape index (κ2) is 7.79. The predicted molar refractivity (Wildman–Crippen MR) is 129 cm³/mol. The van der Waals surface area contributed by atoms with Crippen molar-refractivity contribution in [1.29, 1.82) is 0 Å². The summed E-state index contributed by atoms with van der Waals surface area (Å²) < 4.78 is 2.13. The van der Waals surface area contributed by atoms with Gasteiger partial charge in [-0.3, -0.25) is 14.5 Å². The highest BCUT2D eigenvalue weighted by atomic mass is 15.2. The fourth-order valence-corrected chi connectivity index (χ4v) is 4.83. The van der Waals surface area contributed by atoms with Crippen LogP contribution in [-0.4, -0.2) is 30.6 Å². The van der Waals surface area contributed by atoms with Crippen molar-refractivity contribution >= 4 is 22.4 Å². The average molecular weight is 423 g/mol. The summed E-state index contributed by atoms with van der Waals surface area (Å²) in [5, 5.41) is 12.4. The fourth-order valence-electron chi connectivity index (χ4n) is 4.83. The molecule has 2 aromatic carbocycles. The minimum atomic E-state index is 0.500. The van der Waals surface area contributed by atoms with Crippen LogP contribution < -0.4 is 5.32 Å². The van der Waals surface area contributed by atoms with E-state index in [1.807, 2.05) is 25.5 Å². The van der Waals surface area contributed by atoms with E-state index < -0.39 is 0 Å². The Hall–Kier alpha value is -3.67. The van der Waals surface area contributed by atoms with Crippen molar-refractivity contribution in [3.63, 3.8) is 0 Å². The molecule has 1 saturated carbocycles. The number of nitrogens with zero attached hydrogens (tertiary/aromatic N) is 4. The first kappa shape index (κ1) is 19.0. The zero-order valence-electron chi connectivity index (χ0n) is 18.2. The number of fused-ring (bicyclic) bond motifs is 2. The number of aromatic amines is 1. The molecule has 2 N–H and O–H groups in total. The lowest BCUT2D eigenvalue weighted by Crippen LogP contribution is -2.23. The Morgan fingerprint density at radius 2 is 1.75 bits per heavy atom. The number of imidazole rings is 1. The van der Waals surface area contributed by atoms with Gasteiger partial charge in [0.25, 0.3) is 0 Å². The number of nitrogens with one attached hydrogen (secondary N) is 2. The predicted octanol–water partition coefficient (Wildman–Crippen LogP) is 5.99. The van der Waals surface area contributed by atoms with E-state index in [-0.39, 0.29) is 0 Å². The maximum absolute atomic E-state index is 4.92. The highest BCUT2D eigenvalue weighted by molar-refractivity contribution is 5.87. The summed E-state index contributed by atoms with van der Waals surface area (Å²) in [4.78, 5) is 9.19. The van der Waals surface area contributed by atoms with Crippen LogP contribution >= 0.6 is 0 Å². The smallest absolute Gasteiger partial charge is 0.157 e. The lowest BCUT2D eigenvalue weighted by Gasteiger charge is -2.24. The maximum Gasteiger partial charge on any atom is 0.157 e. The van der Waals surface area contributed by atoms with E-state index in [0.717, 1.165) is 33.9 Å². The Morgan fingerprint density at radius 3 is 2.59 bits per heavy atom. The first-order valence-corrected chi connectivity index (χ1v) is 11.4. The third kappa shape index (κ3) is 3.32. The Kier molecular flexibility index (Phi) is 4.63. The first-order chi connectivity index (χ1) is 15.8. The standard InChI is InChI=1S/C26H26N6/c1-17-22-15-20(11-12-23(22)31-30-17)18-7-9-19(10-8-18)25-26(28-21-5-3-2-4-6-21)32-14-13-27-16-24(32)29-25/h7-16,21,28H,2-6H2,1H3,(H,30,31). The van der Waals surface area contributed by atoms with Crippen molar-refractivity contribution < 1.29 is 0 Å². The van der Waals surface area contributed by atoms with Gasteiger partial charge in [-0.15, -0.1) is 0 Å². The molecule has 0 aliphatic heterocycles. The van der Waals surface area contributed by atoms with Crippen LogP contribution in [0, 0.1) is 6.92 Å². The van der Waals surface area contributed by atoms with Crippen molar-refractivity contribution in [2.75, 3.05) is 5.32 Å². The molecule has 6 nitrogen and oxygen atoms in total. The first-order valence-electron chi connectivity index (χ1n) is 11.4. The average Bonchev–Trinajstić information content (AvgIpc) is 3.40. The van der Waals surface area contributed by atoms with Crippen LogP contribution in [-0.2, 0) is 0 Å². The fraction of sp³-hybridized carbons (Fsp3) is 0.269. The Balaban J connectivity index is 1.38. The van der Waals surface area contributed by atoms with Gasteiger partial charge < -0.3 is 5.32 Å². The number of rotatable bonds is 4. The summed E-state index contributed by atoms with van der Waals surface area (Å²) in [6, 6.07) is 15.6. The van der Waals surface area contributed by atoms with E-state index in [1.54, 1.807) is 0 Å². The molecule has 5 aromatic rings. The summed E-state index contributed by atoms with van der Waals surface area (Å²) in [5.41, 5.74) is 7.42. The molecule has 0 saturated heterocycles. The lowest BCUT2D eigenvalue weighted by molar-refractivity contribution is 0.461. The van der Waals surface area contributed by atoms with Crippen molar-refractivity contribution in [2.24, 2.45) is 0 Å². The van der Waals surface area contributed by atoms with Crippen LogP contribution in [0.4, 0.5) is 5.82 Å². The molecule has 160 valence electrons. The highest BCUT2D eigenvalue weighted by Gasteiger charge is 2.19. The van der Waals surface area contributed by atoms with Crippen LogP contribution in [0.1, 0.15) is 37.8 Å². The largest absolute Gasteiger partial charge is 0.367 e. The van der Waals surface area contributed by atoms with Crippen molar-refractivity contribution in [3.05, 3.63) is 66.7 Å². The number of anilines is 1. The van der Waals surface area contributed by atoms with Crippen LogP contribution in [0.5, 0.6) is 0 Å². The number of hydrogen-bond donors (Lipinski definition) is 2. The van der Waals surface area contributed by atoms with Gasteiger partial charge in [0.05, 0.1) is 17.4 Å². The van der Waals surface area contributed by atoms with Crippen molar-refractivity contribution in [3.8, 4) is 22.4 Å². The summed E-state index contributed by atoms with van der Waals surface area (Å²) in [5.74, 6) is 1.07. The third-order valence-corrected chi connectivity index (χ3v) is 6.62. The Morgan fingerprint density at radius 1 is 0.969 bits per heavy atom. The van der Waals surface area contributed by atoms with E-state index in [2.05, 4.69) is 67.4 Å². The van der Waals surface area contributed by atoms with Crippen LogP contribution in [0.15, 0.2) is 61.1 Å². The maximum atomic E-state index is 4.92. The van der Waals surface area contributed by atoms with Gasteiger partial charge in [0, 0.05) is 29.4 Å². The van der Waals surface area contributed by atoms with Gasteiger partial charge >= 0.3 is 0 Å². The molecular weight excluding hydrogens is 396 g/mol. The number of hydrogen-bond acceptors (Lipinski definition) is 4. The molecule has 0 amide bonds. The Labute approximate surface area is 186 Å². The molecule has 6 rings (SSSR count). The third-order valence-electron chi connectivity index (χ3n) is 6.62. The van der Waals surface area contributed by atoms with Crippen LogP contribution in [0.2, 0.25) is 0 Å². The van der Waals surface area contributed by atoms with E-state index in [1.165, 1.54) is 48.6 Å². The van der Waals surface area contributed by atoms with E-state index in [4.69, 9.17) is 4.98 Å². The number of H-pyrrole nitrogens is 1. The molecule has 0 atom stereocenters. The molecule has 1 aliphatic carbocycles. The van der Waals surface area contributed by atoms with Crippen molar-refractivity contribution in [2.45, 2.75) is 45.1 Å². The van der Waals surface area contributed by atoms with Crippen LogP contribution in [0.25, 0.3) is 38.9 Å². The quantitative estimate of drug-likeness (QED) is 0.373. The minimum Gasteiger partial charge on any atom is -0.367 e. The number of aryl methyl sites for hydroxylation is 1. The van der Waals surface area contributed by atoms with Gasteiger partial charge in [0.1, 0.15) is 11.5 Å². The molecular formula is C26H26N6. The molecule has 0 bridgehead atoms. The van der Waals surface area contributed by atoms with Gasteiger partial charge in [-0.25, -0.2) is 4.98 Å². The molecule has 32 heavy (non-hydrogen) atoms. The van der Waals surface area contributed by atoms with E-state index in [9.17, 15) is 0 Å². The van der Waals surface area contributed by atoms with Gasteiger partial charge in [-0.05, 0) is 43.0 Å². The van der Waals surface area contributed by atoms with E-state index >= 15 is 0 Å². The highest BCUT2D eigenvalue weighted by Crippen LogP contribution is 2.33. The van der Waals surface area contributed by atoms with Crippen LogP contribution in [0.3, 0.4) is 0 Å². The normalized spacial score (nSPS) is 14.9.